The summed E-state index contributed by atoms with van der Waals surface area (Å²) in [6, 6.07) is 20.4. The average molecular weight is 503 g/mol. The molecule has 0 aliphatic carbocycles. The van der Waals surface area contributed by atoms with E-state index >= 15 is 0 Å². The molecule has 2 nitrogen and oxygen atoms in total. The van der Waals surface area contributed by atoms with Crippen LogP contribution in [0.25, 0.3) is 0 Å². The average Bonchev–Trinajstić information content (AvgIpc) is 2.79. The number of hydrogen-bond acceptors (Lipinski definition) is 2. The monoisotopic (exact) mass is 504 g/mol. The van der Waals surface area contributed by atoms with E-state index in [1.165, 1.54) is 51.8 Å². The first-order valence-electron chi connectivity index (χ1n) is 11.6. The van der Waals surface area contributed by atoms with Crippen molar-refractivity contribution >= 4 is 18.8 Å². The third kappa shape index (κ3) is 7.73. The first kappa shape index (κ1) is 24.4. The van der Waals surface area contributed by atoms with E-state index in [2.05, 4.69) is 45.0 Å². The summed E-state index contributed by atoms with van der Waals surface area (Å²) in [5, 5.41) is 11.4. The van der Waals surface area contributed by atoms with E-state index < -0.39 is 24.9 Å². The second kappa shape index (κ2) is 13.5. The van der Waals surface area contributed by atoms with Crippen LogP contribution in [0.5, 0.6) is 0 Å². The molecule has 0 saturated carbocycles. The van der Waals surface area contributed by atoms with Gasteiger partial charge in [0.1, 0.15) is 0 Å². The van der Waals surface area contributed by atoms with Crippen LogP contribution in [0.1, 0.15) is 82.6 Å². The van der Waals surface area contributed by atoms with Crippen molar-refractivity contribution in [3.8, 4) is 0 Å². The number of benzene rings is 2. The van der Waals surface area contributed by atoms with E-state index in [9.17, 15) is 5.11 Å². The van der Waals surface area contributed by atoms with Crippen molar-refractivity contribution in [1.29, 1.82) is 0 Å². The zero-order valence-corrected chi connectivity index (χ0v) is 21.5. The molecule has 2 aromatic carbocycles. The van der Waals surface area contributed by atoms with Gasteiger partial charge in [0.25, 0.3) is 0 Å². The van der Waals surface area contributed by atoms with E-state index in [0.717, 1.165) is 11.1 Å². The Morgan fingerprint density at radius 3 is 1.52 bits per heavy atom. The molecule has 160 valence electrons. The summed E-state index contributed by atoms with van der Waals surface area (Å²) in [7, 11) is 0. The van der Waals surface area contributed by atoms with Crippen LogP contribution in [0.4, 0.5) is 0 Å². The molecule has 0 bridgehead atoms. The van der Waals surface area contributed by atoms with Gasteiger partial charge in [0.2, 0.25) is 0 Å². The summed E-state index contributed by atoms with van der Waals surface area (Å²) >= 11 is -2.88. The number of unbranched alkanes of at least 4 members (excludes halogenated alkanes) is 3. The van der Waals surface area contributed by atoms with Crippen LogP contribution in [0.3, 0.4) is 0 Å². The van der Waals surface area contributed by atoms with Crippen LogP contribution < -0.4 is 0 Å². The zero-order valence-electron chi connectivity index (χ0n) is 18.6. The molecule has 3 heteroatoms. The number of hydrogen-bond donors (Lipinski definition) is 1. The summed E-state index contributed by atoms with van der Waals surface area (Å²) in [4.78, 5) is 0. The second-order valence-electron chi connectivity index (χ2n) is 8.30. The summed E-state index contributed by atoms with van der Waals surface area (Å²) in [5.41, 5.74) is 2.05. The Labute approximate surface area is 183 Å². The van der Waals surface area contributed by atoms with Crippen molar-refractivity contribution in [2.24, 2.45) is 0 Å². The van der Waals surface area contributed by atoms with Crippen LogP contribution >= 0.6 is 0 Å². The summed E-state index contributed by atoms with van der Waals surface area (Å²) in [6.07, 6.45) is 6.54. The van der Waals surface area contributed by atoms with Gasteiger partial charge in [-0.05, 0) is 0 Å². The van der Waals surface area contributed by atoms with E-state index in [-0.39, 0.29) is 6.10 Å². The van der Waals surface area contributed by atoms with Gasteiger partial charge < -0.3 is 0 Å². The molecule has 0 saturated heterocycles. The fraction of sp³-hybridized carbons (Fsp3) is 0.538. The number of rotatable bonds is 14. The van der Waals surface area contributed by atoms with Gasteiger partial charge in [0.05, 0.1) is 0 Å². The predicted octanol–water partition coefficient (Wildman–Crippen LogP) is 7.82. The van der Waals surface area contributed by atoms with Crippen LogP contribution in [0.2, 0.25) is 13.3 Å². The first-order valence-corrected chi connectivity index (χ1v) is 18.8. The Morgan fingerprint density at radius 1 is 0.690 bits per heavy atom. The van der Waals surface area contributed by atoms with E-state index in [1.807, 2.05) is 36.4 Å². The van der Waals surface area contributed by atoms with Gasteiger partial charge in [-0.1, -0.05) is 0 Å². The van der Waals surface area contributed by atoms with Crippen LogP contribution in [-0.4, -0.2) is 23.9 Å². The Kier molecular flexibility index (Phi) is 11.3. The van der Waals surface area contributed by atoms with Crippen molar-refractivity contribution in [3.05, 3.63) is 71.8 Å². The molecular formula is C26H40O2Sn. The fourth-order valence-corrected chi connectivity index (χ4v) is 18.1. The molecule has 2 rings (SSSR count). The molecule has 0 aliphatic heterocycles. The zero-order chi connectivity index (χ0) is 21.0. The Balaban J connectivity index is 2.39. The molecule has 1 N–H and O–H groups in total. The molecule has 0 heterocycles. The van der Waals surface area contributed by atoms with Crippen molar-refractivity contribution in [2.75, 3.05) is 0 Å². The third-order valence-corrected chi connectivity index (χ3v) is 18.9. The van der Waals surface area contributed by atoms with Crippen LogP contribution in [0.15, 0.2) is 60.7 Å². The molecule has 0 aromatic heterocycles. The van der Waals surface area contributed by atoms with Crippen molar-refractivity contribution in [3.63, 3.8) is 0 Å². The second-order valence-corrected chi connectivity index (χ2v) is 20.0. The van der Waals surface area contributed by atoms with Gasteiger partial charge in [-0.25, -0.2) is 0 Å². The van der Waals surface area contributed by atoms with Gasteiger partial charge in [0.15, 0.2) is 0 Å². The quantitative estimate of drug-likeness (QED) is 0.267. The van der Waals surface area contributed by atoms with Crippen LogP contribution in [-0.2, 0) is 3.07 Å². The van der Waals surface area contributed by atoms with Gasteiger partial charge in [-0.3, -0.25) is 0 Å². The van der Waals surface area contributed by atoms with E-state index in [0.29, 0.717) is 0 Å². The molecule has 0 amide bonds. The Morgan fingerprint density at radius 2 is 1.10 bits per heavy atom. The Bertz CT molecular complexity index is 637. The first-order chi connectivity index (χ1) is 14.2. The van der Waals surface area contributed by atoms with Crippen molar-refractivity contribution in [2.45, 2.75) is 84.8 Å². The maximum atomic E-state index is 11.4. The standard InChI is InChI=1S/C14H13O2.3C4H9.Sn/c15-13(11-7-3-1-4-8-11)14(16)12-9-5-2-6-10-12;3*1-3-4-2;/h1-10,13-15H;3*1,3-4H2,2H3;/q-1;;;;+1. The number of aliphatic hydroxyl groups is 1. The summed E-state index contributed by atoms with van der Waals surface area (Å²) < 4.78 is 11.0. The van der Waals surface area contributed by atoms with Crippen molar-refractivity contribution in [1.82, 2.24) is 0 Å². The molecule has 0 spiro atoms. The number of aliphatic hydroxyl groups excluding tert-OH is 1. The minimum absolute atomic E-state index is 0.264. The molecule has 2 aromatic rings. The summed E-state index contributed by atoms with van der Waals surface area (Å²) in [6.45, 7) is 6.84. The fourth-order valence-electron chi connectivity index (χ4n) is 4.10. The predicted molar refractivity (Wildman–Crippen MR) is 127 cm³/mol. The SMILES string of the molecule is CCC[CH2][Sn]([CH2]CCC)([CH2]CCC)[O]C(c1ccccc1)C(O)c1ccccc1. The molecule has 29 heavy (non-hydrogen) atoms. The van der Waals surface area contributed by atoms with E-state index in [1.54, 1.807) is 0 Å². The van der Waals surface area contributed by atoms with Crippen molar-refractivity contribution < 1.29 is 8.18 Å². The van der Waals surface area contributed by atoms with Gasteiger partial charge in [-0.2, -0.15) is 0 Å². The summed E-state index contributed by atoms with van der Waals surface area (Å²) in [5.74, 6) is 0. The minimum atomic E-state index is -2.88. The van der Waals surface area contributed by atoms with Gasteiger partial charge in [-0.15, -0.1) is 0 Å². The molecular weight excluding hydrogens is 463 g/mol. The maximum absolute atomic E-state index is 11.4. The van der Waals surface area contributed by atoms with Crippen LogP contribution in [0, 0.1) is 0 Å². The van der Waals surface area contributed by atoms with Gasteiger partial charge >= 0.3 is 184 Å². The normalized spacial score (nSPS) is 13.9. The molecule has 0 aliphatic rings. The third-order valence-electron chi connectivity index (χ3n) is 5.89. The molecule has 0 radical (unpaired) electrons. The molecule has 2 atom stereocenters. The Hall–Kier alpha value is -0.841. The van der Waals surface area contributed by atoms with E-state index in [4.69, 9.17) is 3.07 Å². The topological polar surface area (TPSA) is 29.5 Å². The van der Waals surface area contributed by atoms with Gasteiger partial charge in [0, 0.05) is 0 Å². The molecule has 2 unspecified atom stereocenters. The molecule has 0 fully saturated rings.